The van der Waals surface area contributed by atoms with Gasteiger partial charge in [0.1, 0.15) is 0 Å². The summed E-state index contributed by atoms with van der Waals surface area (Å²) in [5.41, 5.74) is 3.97. The summed E-state index contributed by atoms with van der Waals surface area (Å²) in [6.45, 7) is 3.31. The topological polar surface area (TPSA) is 97.9 Å². The van der Waals surface area contributed by atoms with Crippen molar-refractivity contribution in [3.05, 3.63) is 69.8 Å². The molecule has 0 unspecified atom stereocenters. The Hall–Kier alpha value is -3.42. The van der Waals surface area contributed by atoms with Crippen molar-refractivity contribution in [2.45, 2.75) is 19.9 Å². The molecule has 0 saturated carbocycles. The van der Waals surface area contributed by atoms with Crippen LogP contribution in [0.2, 0.25) is 0 Å². The molecular formula is C18H16N6O2. The Morgan fingerprint density at radius 1 is 1.15 bits per heavy atom. The van der Waals surface area contributed by atoms with E-state index in [0.717, 1.165) is 35.5 Å². The molecule has 130 valence electrons. The lowest BCUT2D eigenvalue weighted by atomic mass is 10.0. The van der Waals surface area contributed by atoms with E-state index in [2.05, 4.69) is 24.8 Å². The van der Waals surface area contributed by atoms with E-state index in [9.17, 15) is 10.1 Å². The average molecular weight is 348 g/mol. The minimum absolute atomic E-state index is 0.101. The van der Waals surface area contributed by atoms with Crippen molar-refractivity contribution < 1.29 is 4.92 Å². The number of hydrogen-bond donors (Lipinski definition) is 0. The van der Waals surface area contributed by atoms with Gasteiger partial charge in [0.15, 0.2) is 11.6 Å². The summed E-state index contributed by atoms with van der Waals surface area (Å²) in [5, 5.41) is 11.1. The van der Waals surface area contributed by atoms with E-state index in [1.54, 1.807) is 36.8 Å². The molecule has 1 aliphatic rings. The number of nitro groups is 1. The van der Waals surface area contributed by atoms with E-state index in [-0.39, 0.29) is 10.6 Å². The zero-order valence-electron chi connectivity index (χ0n) is 14.2. The molecule has 8 nitrogen and oxygen atoms in total. The first-order valence-corrected chi connectivity index (χ1v) is 8.24. The number of hydrogen-bond acceptors (Lipinski definition) is 7. The molecule has 0 amide bonds. The summed E-state index contributed by atoms with van der Waals surface area (Å²) in [6.07, 6.45) is 5.86. The molecule has 1 aliphatic heterocycles. The Kier molecular flexibility index (Phi) is 4.00. The Morgan fingerprint density at radius 3 is 2.73 bits per heavy atom. The Morgan fingerprint density at radius 2 is 1.96 bits per heavy atom. The van der Waals surface area contributed by atoms with Gasteiger partial charge in [-0.1, -0.05) is 6.07 Å². The summed E-state index contributed by atoms with van der Waals surface area (Å²) in [5.74, 6) is 1.02. The normalized spacial score (nSPS) is 13.3. The maximum absolute atomic E-state index is 11.1. The molecule has 3 aromatic rings. The van der Waals surface area contributed by atoms with Gasteiger partial charge in [0.25, 0.3) is 5.69 Å². The second-order valence-electron chi connectivity index (χ2n) is 6.14. The van der Waals surface area contributed by atoms with Gasteiger partial charge in [0.05, 0.1) is 10.6 Å². The van der Waals surface area contributed by atoms with Crippen molar-refractivity contribution in [2.75, 3.05) is 11.4 Å². The van der Waals surface area contributed by atoms with Gasteiger partial charge in [-0.3, -0.25) is 10.1 Å². The van der Waals surface area contributed by atoms with Gasteiger partial charge in [-0.2, -0.15) is 0 Å². The van der Waals surface area contributed by atoms with E-state index in [4.69, 9.17) is 0 Å². The first kappa shape index (κ1) is 16.1. The van der Waals surface area contributed by atoms with Crippen molar-refractivity contribution in [3.63, 3.8) is 0 Å². The van der Waals surface area contributed by atoms with Crippen molar-refractivity contribution >= 4 is 11.4 Å². The molecule has 0 aliphatic carbocycles. The van der Waals surface area contributed by atoms with E-state index >= 15 is 0 Å². The van der Waals surface area contributed by atoms with E-state index < -0.39 is 0 Å². The van der Waals surface area contributed by atoms with Crippen LogP contribution in [0.3, 0.4) is 0 Å². The molecular weight excluding hydrogens is 332 g/mol. The lowest BCUT2D eigenvalue weighted by Gasteiger charge is -2.31. The molecule has 0 bridgehead atoms. The fourth-order valence-electron chi connectivity index (χ4n) is 3.10. The van der Waals surface area contributed by atoms with E-state index in [1.807, 2.05) is 6.92 Å². The van der Waals surface area contributed by atoms with Crippen LogP contribution in [0.5, 0.6) is 0 Å². The Balaban J connectivity index is 1.63. The van der Waals surface area contributed by atoms with Crippen LogP contribution in [-0.4, -0.2) is 31.4 Å². The number of fused-ring (bicyclic) bond motifs is 1. The summed E-state index contributed by atoms with van der Waals surface area (Å²) in [4.78, 5) is 30.2. The number of benzene rings is 1. The Bertz CT molecular complexity index is 977. The summed E-state index contributed by atoms with van der Waals surface area (Å²) < 4.78 is 0. The smallest absolute Gasteiger partial charge is 0.271 e. The minimum atomic E-state index is -0.365. The number of non-ortho nitro benzene ring substituents is 1. The zero-order valence-corrected chi connectivity index (χ0v) is 14.2. The third kappa shape index (κ3) is 2.97. The van der Waals surface area contributed by atoms with Crippen molar-refractivity contribution in [3.8, 4) is 11.6 Å². The maximum Gasteiger partial charge on any atom is 0.271 e. The van der Waals surface area contributed by atoms with Crippen LogP contribution in [0, 0.1) is 17.0 Å². The number of aryl methyl sites for hydroxylation is 1. The molecule has 1 aromatic carbocycles. The van der Waals surface area contributed by atoms with Crippen molar-refractivity contribution in [2.24, 2.45) is 0 Å². The van der Waals surface area contributed by atoms with E-state index in [0.29, 0.717) is 18.2 Å². The minimum Gasteiger partial charge on any atom is -0.366 e. The van der Waals surface area contributed by atoms with Crippen molar-refractivity contribution in [1.29, 1.82) is 0 Å². The highest BCUT2D eigenvalue weighted by Crippen LogP contribution is 2.30. The molecule has 0 fully saturated rings. The van der Waals surface area contributed by atoms with E-state index in [1.165, 1.54) is 6.07 Å². The lowest BCUT2D eigenvalue weighted by Crippen LogP contribution is -2.31. The monoisotopic (exact) mass is 348 g/mol. The van der Waals surface area contributed by atoms with Gasteiger partial charge in [-0.15, -0.1) is 0 Å². The highest BCUT2D eigenvalue weighted by molar-refractivity contribution is 5.60. The molecule has 26 heavy (non-hydrogen) atoms. The quantitative estimate of drug-likeness (QED) is 0.530. The Labute approximate surface area is 149 Å². The van der Waals surface area contributed by atoms with Gasteiger partial charge in [0, 0.05) is 61.5 Å². The van der Waals surface area contributed by atoms with Crippen LogP contribution in [0.4, 0.5) is 11.4 Å². The van der Waals surface area contributed by atoms with Crippen LogP contribution >= 0.6 is 0 Å². The average Bonchev–Trinajstić information content (AvgIpc) is 2.68. The lowest BCUT2D eigenvalue weighted by molar-refractivity contribution is -0.384. The van der Waals surface area contributed by atoms with Crippen molar-refractivity contribution in [1.82, 2.24) is 19.9 Å². The fraction of sp³-hybridized carbons (Fsp3) is 0.222. The number of aromatic nitrogens is 4. The number of rotatable bonds is 3. The van der Waals surface area contributed by atoms with Crippen LogP contribution in [0.25, 0.3) is 11.6 Å². The molecule has 0 N–H and O–H groups in total. The third-order valence-electron chi connectivity index (χ3n) is 4.44. The molecule has 0 atom stereocenters. The number of nitro benzene ring substituents is 1. The summed E-state index contributed by atoms with van der Waals surface area (Å²) in [7, 11) is 0. The van der Waals surface area contributed by atoms with Gasteiger partial charge in [0.2, 0.25) is 0 Å². The highest BCUT2D eigenvalue weighted by Gasteiger charge is 2.22. The molecule has 2 aromatic heterocycles. The van der Waals surface area contributed by atoms with Gasteiger partial charge < -0.3 is 4.90 Å². The van der Waals surface area contributed by atoms with Crippen LogP contribution in [0.15, 0.2) is 42.9 Å². The standard InChI is InChI=1S/C18H16N6O2/c1-12-3-4-14(24(25)26)9-16(12)23-8-5-15-13(11-23)10-21-18(22-15)17-19-6-2-7-20-17/h2-4,6-7,9-10H,5,8,11H2,1H3. The SMILES string of the molecule is Cc1ccc([N+](=O)[O-])cc1N1CCc2nc(-c3ncccn3)ncc2C1. The fourth-order valence-corrected chi connectivity index (χ4v) is 3.10. The third-order valence-corrected chi connectivity index (χ3v) is 4.44. The van der Waals surface area contributed by atoms with Crippen LogP contribution < -0.4 is 4.90 Å². The summed E-state index contributed by atoms with van der Waals surface area (Å²) in [6, 6.07) is 6.70. The van der Waals surface area contributed by atoms with Gasteiger partial charge in [-0.05, 0) is 18.6 Å². The second-order valence-corrected chi connectivity index (χ2v) is 6.14. The molecule has 3 heterocycles. The van der Waals surface area contributed by atoms with Crippen LogP contribution in [-0.2, 0) is 13.0 Å². The molecule has 0 saturated heterocycles. The largest absolute Gasteiger partial charge is 0.366 e. The predicted molar refractivity (Wildman–Crippen MR) is 95.6 cm³/mol. The number of anilines is 1. The van der Waals surface area contributed by atoms with Gasteiger partial charge >= 0.3 is 0 Å². The summed E-state index contributed by atoms with van der Waals surface area (Å²) >= 11 is 0. The van der Waals surface area contributed by atoms with Crippen LogP contribution in [0.1, 0.15) is 16.8 Å². The highest BCUT2D eigenvalue weighted by atomic mass is 16.6. The molecule has 8 heteroatoms. The molecule has 4 rings (SSSR count). The molecule has 0 spiro atoms. The first-order chi connectivity index (χ1) is 12.6. The maximum atomic E-state index is 11.1. The zero-order chi connectivity index (χ0) is 18.1. The first-order valence-electron chi connectivity index (χ1n) is 8.24. The number of nitrogens with zero attached hydrogens (tertiary/aromatic N) is 6. The van der Waals surface area contributed by atoms with Gasteiger partial charge in [-0.25, -0.2) is 19.9 Å². The second kappa shape index (κ2) is 6.47. The predicted octanol–water partition coefficient (Wildman–Crippen LogP) is 2.71. The molecule has 0 radical (unpaired) electrons.